The number of nitrogens with one attached hydrogen (secondary N) is 1. The third-order valence-corrected chi connectivity index (χ3v) is 3.34. The van der Waals surface area contributed by atoms with Gasteiger partial charge in [-0.1, -0.05) is 48.4 Å². The zero-order valence-corrected chi connectivity index (χ0v) is 12.7. The predicted octanol–water partition coefficient (Wildman–Crippen LogP) is 4.34. The van der Waals surface area contributed by atoms with Crippen LogP contribution >= 0.6 is 11.6 Å². The van der Waals surface area contributed by atoms with Gasteiger partial charge >= 0.3 is 0 Å². The topological polar surface area (TPSA) is 21.3 Å². The molecule has 0 aliphatic carbocycles. The summed E-state index contributed by atoms with van der Waals surface area (Å²) in [5.74, 6) is 0.885. The maximum absolute atomic E-state index is 6.05. The van der Waals surface area contributed by atoms with E-state index in [2.05, 4.69) is 43.4 Å². The molecule has 0 unspecified atom stereocenters. The zero-order valence-electron chi connectivity index (χ0n) is 11.9. The highest BCUT2D eigenvalue weighted by Gasteiger charge is 2.05. The molecular weight excluding hydrogens is 270 g/mol. The lowest BCUT2D eigenvalue weighted by molar-refractivity contribution is 0.302. The molecule has 2 aromatic rings. The predicted molar refractivity (Wildman–Crippen MR) is 84.3 cm³/mol. The second-order valence-corrected chi connectivity index (χ2v) is 5.24. The van der Waals surface area contributed by atoms with Crippen LogP contribution in [0.3, 0.4) is 0 Å². The summed E-state index contributed by atoms with van der Waals surface area (Å²) in [6.07, 6.45) is 0. The van der Waals surface area contributed by atoms with Crippen LogP contribution < -0.4 is 10.1 Å². The molecule has 0 aliphatic heterocycles. The van der Waals surface area contributed by atoms with Crippen LogP contribution in [0, 0.1) is 6.92 Å². The van der Waals surface area contributed by atoms with Crippen LogP contribution in [0.4, 0.5) is 0 Å². The summed E-state index contributed by atoms with van der Waals surface area (Å²) in [5, 5.41) is 4.04. The van der Waals surface area contributed by atoms with Crippen molar-refractivity contribution in [1.29, 1.82) is 0 Å². The van der Waals surface area contributed by atoms with Crippen molar-refractivity contribution in [1.82, 2.24) is 5.32 Å². The van der Waals surface area contributed by atoms with Gasteiger partial charge in [0.05, 0.1) is 0 Å². The van der Waals surface area contributed by atoms with E-state index in [-0.39, 0.29) is 0 Å². The Balaban J connectivity index is 2.06. The van der Waals surface area contributed by atoms with Crippen LogP contribution in [-0.2, 0) is 13.2 Å². The second kappa shape index (κ2) is 7.32. The van der Waals surface area contributed by atoms with E-state index < -0.39 is 0 Å². The summed E-state index contributed by atoms with van der Waals surface area (Å²) in [6.45, 7) is 6.42. The lowest BCUT2D eigenvalue weighted by atomic mass is 10.1. The molecule has 0 fully saturated rings. The summed E-state index contributed by atoms with van der Waals surface area (Å²) in [4.78, 5) is 0. The molecule has 0 saturated carbocycles. The molecule has 0 spiro atoms. The maximum atomic E-state index is 6.05. The van der Waals surface area contributed by atoms with Gasteiger partial charge in [-0.2, -0.15) is 0 Å². The summed E-state index contributed by atoms with van der Waals surface area (Å²) in [6, 6.07) is 14.1. The van der Waals surface area contributed by atoms with Gasteiger partial charge in [0.15, 0.2) is 0 Å². The first kappa shape index (κ1) is 14.9. The van der Waals surface area contributed by atoms with Gasteiger partial charge in [0.25, 0.3) is 0 Å². The number of aryl methyl sites for hydroxylation is 1. The Labute approximate surface area is 125 Å². The molecule has 0 aliphatic rings. The quantitative estimate of drug-likeness (QED) is 0.854. The van der Waals surface area contributed by atoms with Crippen molar-refractivity contribution in [3.8, 4) is 5.75 Å². The Morgan fingerprint density at radius 3 is 2.55 bits per heavy atom. The molecule has 2 nitrogen and oxygen atoms in total. The molecule has 0 saturated heterocycles. The molecule has 1 N–H and O–H groups in total. The number of rotatable bonds is 6. The Morgan fingerprint density at radius 1 is 1.10 bits per heavy atom. The molecule has 20 heavy (non-hydrogen) atoms. The van der Waals surface area contributed by atoms with Crippen LogP contribution in [-0.4, -0.2) is 6.54 Å². The first-order valence-electron chi connectivity index (χ1n) is 6.86. The monoisotopic (exact) mass is 289 g/mol. The molecule has 3 heteroatoms. The standard InChI is InChI=1S/C17H20ClNO/c1-3-19-11-15-10-16(18)8-9-17(15)20-12-14-6-4-13(2)5-7-14/h4-10,19H,3,11-12H2,1-2H3. The highest BCUT2D eigenvalue weighted by molar-refractivity contribution is 6.30. The van der Waals surface area contributed by atoms with E-state index in [4.69, 9.17) is 16.3 Å². The summed E-state index contributed by atoms with van der Waals surface area (Å²) in [7, 11) is 0. The fourth-order valence-electron chi connectivity index (χ4n) is 1.93. The fraction of sp³-hybridized carbons (Fsp3) is 0.294. The minimum atomic E-state index is 0.570. The molecule has 2 aromatic carbocycles. The normalized spacial score (nSPS) is 10.6. The van der Waals surface area contributed by atoms with Gasteiger partial charge in [-0.05, 0) is 37.2 Å². The van der Waals surface area contributed by atoms with Crippen LogP contribution in [0.25, 0.3) is 0 Å². The minimum Gasteiger partial charge on any atom is -0.489 e. The highest BCUT2D eigenvalue weighted by atomic mass is 35.5. The third-order valence-electron chi connectivity index (χ3n) is 3.10. The first-order valence-corrected chi connectivity index (χ1v) is 7.24. The third kappa shape index (κ3) is 4.26. The van der Waals surface area contributed by atoms with E-state index in [1.54, 1.807) is 0 Å². The molecular formula is C17H20ClNO. The van der Waals surface area contributed by atoms with E-state index in [9.17, 15) is 0 Å². The van der Waals surface area contributed by atoms with Crippen molar-refractivity contribution < 1.29 is 4.74 Å². The number of halogens is 1. The van der Waals surface area contributed by atoms with Gasteiger partial charge in [-0.3, -0.25) is 0 Å². The number of hydrogen-bond donors (Lipinski definition) is 1. The van der Waals surface area contributed by atoms with Crippen molar-refractivity contribution in [2.75, 3.05) is 6.54 Å². The first-order chi connectivity index (χ1) is 9.69. The average molecular weight is 290 g/mol. The largest absolute Gasteiger partial charge is 0.489 e. The number of benzene rings is 2. The lowest BCUT2D eigenvalue weighted by Crippen LogP contribution is -2.13. The Hall–Kier alpha value is -1.51. The van der Waals surface area contributed by atoms with E-state index in [0.717, 1.165) is 29.4 Å². The Bertz CT molecular complexity index is 551. The van der Waals surface area contributed by atoms with Gasteiger partial charge in [-0.15, -0.1) is 0 Å². The SMILES string of the molecule is CCNCc1cc(Cl)ccc1OCc1ccc(C)cc1. The molecule has 0 amide bonds. The Kier molecular flexibility index (Phi) is 5.45. The van der Waals surface area contributed by atoms with Crippen LogP contribution in [0.2, 0.25) is 5.02 Å². The summed E-state index contributed by atoms with van der Waals surface area (Å²) in [5.41, 5.74) is 3.51. The van der Waals surface area contributed by atoms with Crippen LogP contribution in [0.1, 0.15) is 23.6 Å². The molecule has 0 radical (unpaired) electrons. The Morgan fingerprint density at radius 2 is 1.85 bits per heavy atom. The van der Waals surface area contributed by atoms with Crippen LogP contribution in [0.5, 0.6) is 5.75 Å². The molecule has 0 heterocycles. The van der Waals surface area contributed by atoms with Gasteiger partial charge in [0, 0.05) is 17.1 Å². The van der Waals surface area contributed by atoms with Crippen molar-refractivity contribution in [2.24, 2.45) is 0 Å². The number of ether oxygens (including phenoxy) is 1. The summed E-state index contributed by atoms with van der Waals surface area (Å²) < 4.78 is 5.92. The van der Waals surface area contributed by atoms with Crippen molar-refractivity contribution >= 4 is 11.6 Å². The van der Waals surface area contributed by atoms with E-state index in [1.165, 1.54) is 11.1 Å². The molecule has 0 aromatic heterocycles. The van der Waals surface area contributed by atoms with E-state index in [1.807, 2.05) is 18.2 Å². The fourth-order valence-corrected chi connectivity index (χ4v) is 2.13. The van der Waals surface area contributed by atoms with Crippen molar-refractivity contribution in [3.63, 3.8) is 0 Å². The molecule has 0 atom stereocenters. The number of hydrogen-bond acceptors (Lipinski definition) is 2. The smallest absolute Gasteiger partial charge is 0.124 e. The van der Waals surface area contributed by atoms with Gasteiger partial charge < -0.3 is 10.1 Å². The van der Waals surface area contributed by atoms with Crippen LogP contribution in [0.15, 0.2) is 42.5 Å². The van der Waals surface area contributed by atoms with Gasteiger partial charge in [0.1, 0.15) is 12.4 Å². The molecule has 0 bridgehead atoms. The van der Waals surface area contributed by atoms with Crippen molar-refractivity contribution in [3.05, 3.63) is 64.2 Å². The van der Waals surface area contributed by atoms with E-state index >= 15 is 0 Å². The maximum Gasteiger partial charge on any atom is 0.124 e. The van der Waals surface area contributed by atoms with Gasteiger partial charge in [-0.25, -0.2) is 0 Å². The zero-order chi connectivity index (χ0) is 14.4. The van der Waals surface area contributed by atoms with Gasteiger partial charge in [0.2, 0.25) is 0 Å². The highest BCUT2D eigenvalue weighted by Crippen LogP contribution is 2.23. The minimum absolute atomic E-state index is 0.570. The second-order valence-electron chi connectivity index (χ2n) is 4.81. The van der Waals surface area contributed by atoms with Crippen molar-refractivity contribution in [2.45, 2.75) is 27.0 Å². The average Bonchev–Trinajstić information content (AvgIpc) is 2.46. The molecule has 106 valence electrons. The summed E-state index contributed by atoms with van der Waals surface area (Å²) >= 11 is 6.05. The van der Waals surface area contributed by atoms with E-state index in [0.29, 0.717) is 6.61 Å². The lowest BCUT2D eigenvalue weighted by Gasteiger charge is -2.12. The molecule has 2 rings (SSSR count).